The van der Waals surface area contributed by atoms with E-state index in [0.29, 0.717) is 36.5 Å². The van der Waals surface area contributed by atoms with Gasteiger partial charge < -0.3 is 20.5 Å². The largest absolute Gasteiger partial charge is 0.508 e. The van der Waals surface area contributed by atoms with Crippen molar-refractivity contribution in [2.24, 2.45) is 0 Å². The average molecular weight is 326 g/mol. The molecule has 0 saturated heterocycles. The highest BCUT2D eigenvalue weighted by atomic mass is 16.5. The molecule has 1 heterocycles. The second-order valence-electron chi connectivity index (χ2n) is 6.09. The summed E-state index contributed by atoms with van der Waals surface area (Å²) in [6.07, 6.45) is 1.17. The molecule has 1 aliphatic heterocycles. The maximum absolute atomic E-state index is 13.1. The molecule has 24 heavy (non-hydrogen) atoms. The minimum absolute atomic E-state index is 0.0811. The molecular formula is C19H22N2O3. The normalized spacial score (nSPS) is 15.8. The molecule has 0 bridgehead atoms. The highest BCUT2D eigenvalue weighted by Crippen LogP contribution is 2.42. The first kappa shape index (κ1) is 16.2. The number of phenolic OH excluding ortho intramolecular Hbond substituents is 1. The summed E-state index contributed by atoms with van der Waals surface area (Å²) in [7, 11) is 0. The number of benzene rings is 2. The van der Waals surface area contributed by atoms with Gasteiger partial charge in [-0.15, -0.1) is 0 Å². The van der Waals surface area contributed by atoms with Gasteiger partial charge >= 0.3 is 0 Å². The lowest BCUT2D eigenvalue weighted by molar-refractivity contribution is -0.136. The molecule has 0 radical (unpaired) electrons. The van der Waals surface area contributed by atoms with E-state index in [1.165, 1.54) is 0 Å². The van der Waals surface area contributed by atoms with E-state index < -0.39 is 5.60 Å². The molecular weight excluding hydrogens is 304 g/mol. The molecule has 2 aromatic rings. The summed E-state index contributed by atoms with van der Waals surface area (Å²) in [5.41, 5.74) is 7.11. The number of fused-ring (bicyclic) bond motifs is 1. The maximum Gasteiger partial charge on any atom is 0.271 e. The second-order valence-corrected chi connectivity index (χ2v) is 6.09. The molecule has 0 aliphatic carbocycles. The van der Waals surface area contributed by atoms with Gasteiger partial charge in [-0.25, -0.2) is 0 Å². The summed E-state index contributed by atoms with van der Waals surface area (Å²) in [5.74, 6) is 0.641. The van der Waals surface area contributed by atoms with E-state index >= 15 is 0 Å². The molecule has 0 unspecified atom stereocenters. The first-order valence-corrected chi connectivity index (χ1v) is 8.17. The summed E-state index contributed by atoms with van der Waals surface area (Å²) in [4.78, 5) is 14.8. The van der Waals surface area contributed by atoms with Gasteiger partial charge in [0, 0.05) is 11.8 Å². The number of carbonyl (C=O) groups excluding carboxylic acids is 1. The Balaban J connectivity index is 2.05. The van der Waals surface area contributed by atoms with Crippen molar-refractivity contribution in [2.45, 2.75) is 38.8 Å². The van der Waals surface area contributed by atoms with Crippen LogP contribution in [-0.2, 0) is 11.3 Å². The van der Waals surface area contributed by atoms with Crippen LogP contribution in [0.3, 0.4) is 0 Å². The van der Waals surface area contributed by atoms with Crippen molar-refractivity contribution >= 4 is 17.3 Å². The SMILES string of the molecule is CCC1(CC)Oc2ccc(O)cc2N(Cc2ccc(N)cc2)C1=O. The Bertz CT molecular complexity index is 752. The molecule has 3 N–H and O–H groups in total. The topological polar surface area (TPSA) is 75.8 Å². The van der Waals surface area contributed by atoms with Gasteiger partial charge in [-0.05, 0) is 42.7 Å². The minimum Gasteiger partial charge on any atom is -0.508 e. The van der Waals surface area contributed by atoms with Gasteiger partial charge in [0.25, 0.3) is 5.91 Å². The van der Waals surface area contributed by atoms with E-state index in [4.69, 9.17) is 10.5 Å². The zero-order chi connectivity index (χ0) is 17.3. The Labute approximate surface area is 141 Å². The van der Waals surface area contributed by atoms with Crippen LogP contribution in [0.4, 0.5) is 11.4 Å². The number of anilines is 2. The van der Waals surface area contributed by atoms with Crippen molar-refractivity contribution in [1.29, 1.82) is 0 Å². The molecule has 126 valence electrons. The number of rotatable bonds is 4. The average Bonchev–Trinajstić information content (AvgIpc) is 2.59. The van der Waals surface area contributed by atoms with Gasteiger partial charge in [0.05, 0.1) is 12.2 Å². The van der Waals surface area contributed by atoms with Crippen molar-refractivity contribution in [3.8, 4) is 11.5 Å². The molecule has 5 nitrogen and oxygen atoms in total. The minimum atomic E-state index is -0.863. The number of carbonyl (C=O) groups is 1. The zero-order valence-corrected chi connectivity index (χ0v) is 14.0. The molecule has 0 saturated carbocycles. The van der Waals surface area contributed by atoms with E-state index in [1.807, 2.05) is 38.1 Å². The molecule has 1 amide bonds. The molecule has 0 aromatic heterocycles. The third-order valence-electron chi connectivity index (χ3n) is 4.64. The van der Waals surface area contributed by atoms with Crippen LogP contribution in [0.5, 0.6) is 11.5 Å². The molecule has 1 aliphatic rings. The number of nitrogens with two attached hydrogens (primary N) is 1. The first-order valence-electron chi connectivity index (χ1n) is 8.17. The third-order valence-corrected chi connectivity index (χ3v) is 4.64. The van der Waals surface area contributed by atoms with Crippen LogP contribution in [0.25, 0.3) is 0 Å². The van der Waals surface area contributed by atoms with E-state index in [9.17, 15) is 9.90 Å². The summed E-state index contributed by atoms with van der Waals surface area (Å²) >= 11 is 0. The second kappa shape index (κ2) is 6.07. The highest BCUT2D eigenvalue weighted by molar-refractivity contribution is 6.03. The van der Waals surface area contributed by atoms with Crippen molar-refractivity contribution in [1.82, 2.24) is 0 Å². The van der Waals surface area contributed by atoms with Gasteiger partial charge in [-0.3, -0.25) is 4.79 Å². The maximum atomic E-state index is 13.1. The van der Waals surface area contributed by atoms with Gasteiger partial charge in [-0.2, -0.15) is 0 Å². The lowest BCUT2D eigenvalue weighted by Crippen LogP contribution is -2.55. The smallest absolute Gasteiger partial charge is 0.271 e. The summed E-state index contributed by atoms with van der Waals surface area (Å²) in [5, 5.41) is 9.83. The van der Waals surface area contributed by atoms with Crippen LogP contribution in [0.2, 0.25) is 0 Å². The van der Waals surface area contributed by atoms with E-state index in [-0.39, 0.29) is 11.7 Å². The number of nitrogens with zero attached hydrogens (tertiary/aromatic N) is 1. The van der Waals surface area contributed by atoms with E-state index in [2.05, 4.69) is 0 Å². The lowest BCUT2D eigenvalue weighted by Gasteiger charge is -2.42. The van der Waals surface area contributed by atoms with Crippen LogP contribution < -0.4 is 15.4 Å². The highest BCUT2D eigenvalue weighted by Gasteiger charge is 2.45. The van der Waals surface area contributed by atoms with Crippen LogP contribution in [0.15, 0.2) is 42.5 Å². The third kappa shape index (κ3) is 2.66. The van der Waals surface area contributed by atoms with Crippen LogP contribution in [0, 0.1) is 0 Å². The number of hydrogen-bond donors (Lipinski definition) is 2. The Morgan fingerprint density at radius 3 is 2.42 bits per heavy atom. The quantitative estimate of drug-likeness (QED) is 0.844. The standard InChI is InChI=1S/C19H22N2O3/c1-3-19(4-2)18(23)21(12-13-5-7-14(20)8-6-13)16-11-15(22)9-10-17(16)24-19/h5-11,22H,3-4,12,20H2,1-2H3. The fourth-order valence-corrected chi connectivity index (χ4v) is 3.07. The number of phenols is 1. The number of amides is 1. The van der Waals surface area contributed by atoms with Crippen molar-refractivity contribution < 1.29 is 14.6 Å². The lowest BCUT2D eigenvalue weighted by atomic mass is 9.92. The van der Waals surface area contributed by atoms with Gasteiger partial charge in [-0.1, -0.05) is 26.0 Å². The fourth-order valence-electron chi connectivity index (χ4n) is 3.07. The van der Waals surface area contributed by atoms with Crippen LogP contribution in [-0.4, -0.2) is 16.6 Å². The molecule has 5 heteroatoms. The van der Waals surface area contributed by atoms with Crippen LogP contribution >= 0.6 is 0 Å². The van der Waals surface area contributed by atoms with Gasteiger partial charge in [0.2, 0.25) is 0 Å². The first-order chi connectivity index (χ1) is 11.5. The number of ether oxygens (including phenoxy) is 1. The molecule has 0 fully saturated rings. The van der Waals surface area contributed by atoms with Crippen LogP contribution in [0.1, 0.15) is 32.3 Å². The number of nitrogen functional groups attached to an aromatic ring is 1. The van der Waals surface area contributed by atoms with Gasteiger partial charge in [0.15, 0.2) is 5.60 Å². The summed E-state index contributed by atoms with van der Waals surface area (Å²) in [6.45, 7) is 4.31. The predicted octanol–water partition coefficient (Wildman–Crippen LogP) is 3.46. The molecule has 0 atom stereocenters. The monoisotopic (exact) mass is 326 g/mol. The Kier molecular flexibility index (Phi) is 4.09. The molecule has 0 spiro atoms. The number of aromatic hydroxyl groups is 1. The summed E-state index contributed by atoms with van der Waals surface area (Å²) in [6, 6.07) is 12.3. The fraction of sp³-hybridized carbons (Fsp3) is 0.316. The molecule has 2 aromatic carbocycles. The van der Waals surface area contributed by atoms with Gasteiger partial charge in [0.1, 0.15) is 11.5 Å². The van der Waals surface area contributed by atoms with Crippen molar-refractivity contribution in [3.63, 3.8) is 0 Å². The molecule has 3 rings (SSSR count). The number of hydrogen-bond acceptors (Lipinski definition) is 4. The Hall–Kier alpha value is -2.69. The van der Waals surface area contributed by atoms with E-state index in [0.717, 1.165) is 5.56 Å². The Morgan fingerprint density at radius 2 is 1.79 bits per heavy atom. The van der Waals surface area contributed by atoms with Crippen molar-refractivity contribution in [2.75, 3.05) is 10.6 Å². The van der Waals surface area contributed by atoms with E-state index in [1.54, 1.807) is 23.1 Å². The Morgan fingerprint density at radius 1 is 1.12 bits per heavy atom. The predicted molar refractivity (Wildman–Crippen MR) is 94.1 cm³/mol. The summed E-state index contributed by atoms with van der Waals surface area (Å²) < 4.78 is 6.05. The van der Waals surface area contributed by atoms with Crippen molar-refractivity contribution in [3.05, 3.63) is 48.0 Å². The zero-order valence-electron chi connectivity index (χ0n) is 14.0.